The van der Waals surface area contributed by atoms with Crippen molar-refractivity contribution in [2.45, 2.75) is 26.7 Å². The average molecular weight is 201 g/mol. The van der Waals surface area contributed by atoms with E-state index in [1.54, 1.807) is 0 Å². The monoisotopic (exact) mass is 201 g/mol. The van der Waals surface area contributed by atoms with E-state index in [-0.39, 0.29) is 0 Å². The Morgan fingerprint density at radius 2 is 1.80 bits per heavy atom. The molecule has 1 heterocycles. The maximum Gasteiger partial charge on any atom is 0.181 e. The van der Waals surface area contributed by atoms with Gasteiger partial charge in [0.1, 0.15) is 0 Å². The van der Waals surface area contributed by atoms with Crippen LogP contribution in [0.5, 0.6) is 0 Å². The largest absolute Gasteiger partial charge is 0.443 e. The van der Waals surface area contributed by atoms with Gasteiger partial charge in [-0.05, 0) is 18.4 Å². The fourth-order valence-corrected chi connectivity index (χ4v) is 1.60. The fraction of sp³-hybridized carbons (Fsp3) is 0.308. The molecule has 78 valence electrons. The number of aryl methyl sites for hydroxylation is 1. The molecule has 0 atom stereocenters. The van der Waals surface area contributed by atoms with Gasteiger partial charge in [0.2, 0.25) is 0 Å². The standard InChI is InChI=1S/C13H15NO/c1-9(2)11-4-6-12(7-5-11)13-10(3)14-8-15-13/h4-9H,1-3H3. The minimum absolute atomic E-state index is 0.565. The van der Waals surface area contributed by atoms with Gasteiger partial charge in [-0.3, -0.25) is 0 Å². The smallest absolute Gasteiger partial charge is 0.181 e. The van der Waals surface area contributed by atoms with Crippen LogP contribution in [-0.2, 0) is 0 Å². The quantitative estimate of drug-likeness (QED) is 0.739. The molecule has 0 unspecified atom stereocenters. The lowest BCUT2D eigenvalue weighted by Crippen LogP contribution is -1.86. The third-order valence-electron chi connectivity index (χ3n) is 2.59. The van der Waals surface area contributed by atoms with E-state index in [0.717, 1.165) is 17.0 Å². The summed E-state index contributed by atoms with van der Waals surface area (Å²) in [6.07, 6.45) is 1.49. The van der Waals surface area contributed by atoms with Gasteiger partial charge in [0.05, 0.1) is 5.69 Å². The third kappa shape index (κ3) is 1.94. The second-order valence-electron chi connectivity index (χ2n) is 4.04. The lowest BCUT2D eigenvalue weighted by Gasteiger charge is -2.05. The van der Waals surface area contributed by atoms with Crippen LogP contribution < -0.4 is 0 Å². The van der Waals surface area contributed by atoms with E-state index in [0.29, 0.717) is 5.92 Å². The SMILES string of the molecule is Cc1ncoc1-c1ccc(C(C)C)cc1. The van der Waals surface area contributed by atoms with Gasteiger partial charge in [-0.25, -0.2) is 4.98 Å². The normalized spacial score (nSPS) is 10.9. The highest BCUT2D eigenvalue weighted by Gasteiger charge is 2.06. The molecule has 0 saturated carbocycles. The first-order chi connectivity index (χ1) is 7.18. The molecule has 2 nitrogen and oxygen atoms in total. The molecule has 0 spiro atoms. The van der Waals surface area contributed by atoms with Crippen LogP contribution >= 0.6 is 0 Å². The van der Waals surface area contributed by atoms with E-state index in [2.05, 4.69) is 43.1 Å². The van der Waals surface area contributed by atoms with Crippen molar-refractivity contribution in [1.29, 1.82) is 0 Å². The van der Waals surface area contributed by atoms with Crippen LogP contribution in [0.2, 0.25) is 0 Å². The summed E-state index contributed by atoms with van der Waals surface area (Å²) in [5.74, 6) is 1.43. The van der Waals surface area contributed by atoms with Crippen molar-refractivity contribution in [1.82, 2.24) is 4.98 Å². The maximum atomic E-state index is 5.34. The van der Waals surface area contributed by atoms with Crippen LogP contribution in [0, 0.1) is 6.92 Å². The van der Waals surface area contributed by atoms with Gasteiger partial charge < -0.3 is 4.42 Å². The number of hydrogen-bond donors (Lipinski definition) is 0. The summed E-state index contributed by atoms with van der Waals surface area (Å²) in [5, 5.41) is 0. The van der Waals surface area contributed by atoms with E-state index in [1.165, 1.54) is 12.0 Å². The Morgan fingerprint density at radius 3 is 2.27 bits per heavy atom. The number of aromatic nitrogens is 1. The molecule has 0 N–H and O–H groups in total. The molecule has 0 aliphatic carbocycles. The highest BCUT2D eigenvalue weighted by atomic mass is 16.3. The van der Waals surface area contributed by atoms with E-state index in [4.69, 9.17) is 4.42 Å². The number of hydrogen-bond acceptors (Lipinski definition) is 2. The van der Waals surface area contributed by atoms with Crippen LogP contribution in [0.4, 0.5) is 0 Å². The van der Waals surface area contributed by atoms with E-state index < -0.39 is 0 Å². The molecular formula is C13H15NO. The van der Waals surface area contributed by atoms with Crippen molar-refractivity contribution in [2.24, 2.45) is 0 Å². The second-order valence-corrected chi connectivity index (χ2v) is 4.04. The van der Waals surface area contributed by atoms with Crippen molar-refractivity contribution >= 4 is 0 Å². The predicted molar refractivity (Wildman–Crippen MR) is 60.8 cm³/mol. The van der Waals surface area contributed by atoms with E-state index in [1.807, 2.05) is 6.92 Å². The van der Waals surface area contributed by atoms with Crippen LogP contribution in [0.3, 0.4) is 0 Å². The van der Waals surface area contributed by atoms with E-state index in [9.17, 15) is 0 Å². The van der Waals surface area contributed by atoms with Gasteiger partial charge in [-0.15, -0.1) is 0 Å². The Morgan fingerprint density at radius 1 is 1.13 bits per heavy atom. The molecule has 15 heavy (non-hydrogen) atoms. The Kier molecular flexibility index (Phi) is 2.58. The first kappa shape index (κ1) is 9.97. The minimum Gasteiger partial charge on any atom is -0.443 e. The second kappa shape index (κ2) is 3.89. The van der Waals surface area contributed by atoms with Gasteiger partial charge in [0, 0.05) is 5.56 Å². The van der Waals surface area contributed by atoms with Crippen LogP contribution in [0.1, 0.15) is 31.0 Å². The molecule has 2 aromatic rings. The summed E-state index contributed by atoms with van der Waals surface area (Å²) in [6, 6.07) is 8.45. The Labute approximate surface area is 90.0 Å². The van der Waals surface area contributed by atoms with Crippen LogP contribution in [-0.4, -0.2) is 4.98 Å². The van der Waals surface area contributed by atoms with Crippen molar-refractivity contribution < 1.29 is 4.42 Å². The molecule has 0 aliphatic rings. The Balaban J connectivity index is 2.36. The van der Waals surface area contributed by atoms with Gasteiger partial charge in [0.25, 0.3) is 0 Å². The number of nitrogens with zero attached hydrogens (tertiary/aromatic N) is 1. The molecule has 0 aliphatic heterocycles. The first-order valence-electron chi connectivity index (χ1n) is 5.19. The zero-order valence-corrected chi connectivity index (χ0v) is 9.32. The molecule has 1 aromatic heterocycles. The zero-order valence-electron chi connectivity index (χ0n) is 9.32. The molecule has 0 saturated heterocycles. The van der Waals surface area contributed by atoms with Gasteiger partial charge in [0.15, 0.2) is 12.2 Å². The molecule has 2 heteroatoms. The van der Waals surface area contributed by atoms with Gasteiger partial charge in [-0.2, -0.15) is 0 Å². The topological polar surface area (TPSA) is 26.0 Å². The van der Waals surface area contributed by atoms with Crippen molar-refractivity contribution in [3.8, 4) is 11.3 Å². The molecule has 0 bridgehead atoms. The highest BCUT2D eigenvalue weighted by molar-refractivity contribution is 5.59. The molecular weight excluding hydrogens is 186 g/mol. The summed E-state index contributed by atoms with van der Waals surface area (Å²) in [5.41, 5.74) is 3.37. The summed E-state index contributed by atoms with van der Waals surface area (Å²) >= 11 is 0. The first-order valence-corrected chi connectivity index (χ1v) is 5.19. The zero-order chi connectivity index (χ0) is 10.8. The molecule has 1 aromatic carbocycles. The summed E-state index contributed by atoms with van der Waals surface area (Å²) in [6.45, 7) is 6.33. The number of rotatable bonds is 2. The van der Waals surface area contributed by atoms with Crippen molar-refractivity contribution in [3.05, 3.63) is 41.9 Å². The summed E-state index contributed by atoms with van der Waals surface area (Å²) < 4.78 is 5.34. The molecule has 0 amide bonds. The lowest BCUT2D eigenvalue weighted by molar-refractivity contribution is 0.571. The molecule has 2 rings (SSSR count). The molecule has 0 radical (unpaired) electrons. The lowest BCUT2D eigenvalue weighted by atomic mass is 10.0. The third-order valence-corrected chi connectivity index (χ3v) is 2.59. The predicted octanol–water partition coefficient (Wildman–Crippen LogP) is 3.77. The van der Waals surface area contributed by atoms with Crippen LogP contribution in [0.25, 0.3) is 11.3 Å². The highest BCUT2D eigenvalue weighted by Crippen LogP contribution is 2.24. The minimum atomic E-state index is 0.565. The Hall–Kier alpha value is -1.57. The van der Waals surface area contributed by atoms with Gasteiger partial charge in [-0.1, -0.05) is 38.1 Å². The van der Waals surface area contributed by atoms with Crippen molar-refractivity contribution in [3.63, 3.8) is 0 Å². The Bertz CT molecular complexity index is 440. The maximum absolute atomic E-state index is 5.34. The van der Waals surface area contributed by atoms with E-state index >= 15 is 0 Å². The average Bonchev–Trinajstić information content (AvgIpc) is 2.65. The fourth-order valence-electron chi connectivity index (χ4n) is 1.60. The van der Waals surface area contributed by atoms with Crippen molar-refractivity contribution in [2.75, 3.05) is 0 Å². The summed E-state index contributed by atoms with van der Waals surface area (Å²) in [7, 11) is 0. The van der Waals surface area contributed by atoms with Crippen LogP contribution in [0.15, 0.2) is 35.1 Å². The number of benzene rings is 1. The summed E-state index contributed by atoms with van der Waals surface area (Å²) in [4.78, 5) is 4.08. The van der Waals surface area contributed by atoms with Gasteiger partial charge >= 0.3 is 0 Å². The number of oxazole rings is 1. The molecule has 0 fully saturated rings.